The van der Waals surface area contributed by atoms with Crippen LogP contribution in [-0.2, 0) is 9.47 Å². The Labute approximate surface area is 164 Å². The molecule has 0 N–H and O–H groups in total. The highest BCUT2D eigenvalue weighted by Gasteiger charge is 2.58. The zero-order valence-corrected chi connectivity index (χ0v) is 16.8. The fourth-order valence-electron chi connectivity index (χ4n) is 4.34. The third-order valence-electron chi connectivity index (χ3n) is 5.33. The van der Waals surface area contributed by atoms with E-state index in [-0.39, 0.29) is 36.3 Å². The van der Waals surface area contributed by atoms with Gasteiger partial charge in [0.2, 0.25) is 0 Å². The van der Waals surface area contributed by atoms with Crippen molar-refractivity contribution in [2.45, 2.75) is 70.9 Å². The molecule has 28 heavy (non-hydrogen) atoms. The first kappa shape index (κ1) is 18.7. The summed E-state index contributed by atoms with van der Waals surface area (Å²) in [7, 11) is 0. The topological polar surface area (TPSA) is 68.3 Å². The van der Waals surface area contributed by atoms with E-state index in [9.17, 15) is 9.59 Å². The minimum Gasteiger partial charge on any atom is -0.485 e. The monoisotopic (exact) mass is 386 g/mol. The molecule has 1 aromatic carbocycles. The van der Waals surface area contributed by atoms with E-state index in [4.69, 9.17) is 14.2 Å². The number of carbonyl (C=O) groups is 2. The molecular formula is C21H26N2O5. The third kappa shape index (κ3) is 2.80. The van der Waals surface area contributed by atoms with Crippen LogP contribution in [0.4, 0.5) is 9.59 Å². The van der Waals surface area contributed by atoms with Crippen molar-refractivity contribution in [2.24, 2.45) is 0 Å². The second-order valence-electron chi connectivity index (χ2n) is 7.99. The van der Waals surface area contributed by atoms with Crippen molar-refractivity contribution in [1.82, 2.24) is 10.0 Å². The maximum atomic E-state index is 13.0. The Kier molecular flexibility index (Phi) is 4.48. The number of para-hydroxylation sites is 1. The molecule has 4 rings (SSSR count). The summed E-state index contributed by atoms with van der Waals surface area (Å²) < 4.78 is 17.0. The molecule has 4 atom stereocenters. The molecule has 7 heteroatoms. The minimum atomic E-state index is -0.555. The van der Waals surface area contributed by atoms with Gasteiger partial charge in [0.05, 0.1) is 30.2 Å². The Morgan fingerprint density at radius 1 is 1.00 bits per heavy atom. The molecule has 3 aliphatic rings. The molecule has 0 radical (unpaired) electrons. The van der Waals surface area contributed by atoms with E-state index in [0.717, 1.165) is 16.9 Å². The number of hydrazine groups is 1. The highest BCUT2D eigenvalue weighted by Crippen LogP contribution is 2.52. The molecule has 2 aliphatic heterocycles. The first-order chi connectivity index (χ1) is 13.3. The lowest BCUT2D eigenvalue weighted by Gasteiger charge is -2.34. The molecule has 0 unspecified atom stereocenters. The summed E-state index contributed by atoms with van der Waals surface area (Å²) >= 11 is 0. The van der Waals surface area contributed by atoms with Crippen LogP contribution < -0.4 is 4.74 Å². The van der Waals surface area contributed by atoms with Crippen LogP contribution in [0.1, 0.15) is 46.1 Å². The van der Waals surface area contributed by atoms with Gasteiger partial charge in [-0.25, -0.2) is 19.6 Å². The van der Waals surface area contributed by atoms with Crippen molar-refractivity contribution in [1.29, 1.82) is 0 Å². The number of fused-ring (bicyclic) bond motifs is 5. The molecule has 0 spiro atoms. The van der Waals surface area contributed by atoms with Crippen molar-refractivity contribution >= 4 is 12.2 Å². The van der Waals surface area contributed by atoms with Gasteiger partial charge >= 0.3 is 12.2 Å². The standard InChI is InChI=1S/C21H26N2O5/c1-11(2)26-20(24)22-13(5)15-10-17-18(14-8-6-7-9-16(14)28-17)19(15)23(22)21(25)27-12(3)4/h6-13,17-19H,1-5H3/t13-,17+,18+,19+/m0/s1. The van der Waals surface area contributed by atoms with Crippen LogP contribution in [-0.4, -0.2) is 52.6 Å². The molecule has 0 aromatic heterocycles. The summed E-state index contributed by atoms with van der Waals surface area (Å²) in [5, 5.41) is 2.82. The Bertz CT molecular complexity index is 834. The van der Waals surface area contributed by atoms with Crippen molar-refractivity contribution < 1.29 is 23.8 Å². The fraction of sp³-hybridized carbons (Fsp3) is 0.524. The van der Waals surface area contributed by atoms with Crippen LogP contribution >= 0.6 is 0 Å². The van der Waals surface area contributed by atoms with Crippen LogP contribution in [0.25, 0.3) is 0 Å². The number of hydrogen-bond donors (Lipinski definition) is 0. The van der Waals surface area contributed by atoms with Crippen molar-refractivity contribution in [2.75, 3.05) is 0 Å². The lowest BCUT2D eigenvalue weighted by molar-refractivity contribution is -0.0394. The summed E-state index contributed by atoms with van der Waals surface area (Å²) in [4.78, 5) is 25.9. The van der Waals surface area contributed by atoms with Gasteiger partial charge in [-0.2, -0.15) is 0 Å². The zero-order valence-electron chi connectivity index (χ0n) is 16.8. The average molecular weight is 386 g/mol. The summed E-state index contributed by atoms with van der Waals surface area (Å²) in [6.45, 7) is 9.04. The first-order valence-corrected chi connectivity index (χ1v) is 9.76. The number of nitrogens with zero attached hydrogens (tertiary/aromatic N) is 2. The van der Waals surface area contributed by atoms with Gasteiger partial charge in [0.15, 0.2) is 0 Å². The molecule has 1 fully saturated rings. The van der Waals surface area contributed by atoms with Crippen LogP contribution in [0, 0.1) is 0 Å². The SMILES string of the molecule is CC(C)OC(=O)N1[C@@H]2C(=C[C@H]3Oc4ccccc4[C@@H]23)[C@H](C)N1C(=O)OC(C)C. The predicted molar refractivity (Wildman–Crippen MR) is 102 cm³/mol. The van der Waals surface area contributed by atoms with Gasteiger partial charge in [-0.05, 0) is 52.3 Å². The Hall–Kier alpha value is -2.70. The highest BCUT2D eigenvalue weighted by molar-refractivity contribution is 5.78. The molecule has 1 aliphatic carbocycles. The van der Waals surface area contributed by atoms with Crippen LogP contribution in [0.3, 0.4) is 0 Å². The minimum absolute atomic E-state index is 0.0785. The average Bonchev–Trinajstić information content (AvgIpc) is 3.21. The van der Waals surface area contributed by atoms with Crippen molar-refractivity contribution in [3.63, 3.8) is 0 Å². The number of benzene rings is 1. The normalized spacial score (nSPS) is 27.3. The van der Waals surface area contributed by atoms with E-state index in [1.807, 2.05) is 37.3 Å². The van der Waals surface area contributed by atoms with Gasteiger partial charge in [-0.1, -0.05) is 18.2 Å². The van der Waals surface area contributed by atoms with Gasteiger partial charge in [-0.15, -0.1) is 0 Å². The number of carbonyl (C=O) groups excluding carboxylic acids is 2. The van der Waals surface area contributed by atoms with E-state index < -0.39 is 12.2 Å². The molecule has 2 heterocycles. The molecule has 1 saturated heterocycles. The van der Waals surface area contributed by atoms with Gasteiger partial charge in [0.1, 0.15) is 11.9 Å². The van der Waals surface area contributed by atoms with E-state index in [1.165, 1.54) is 10.0 Å². The van der Waals surface area contributed by atoms with E-state index in [1.54, 1.807) is 27.7 Å². The zero-order chi connectivity index (χ0) is 20.2. The fourth-order valence-corrected chi connectivity index (χ4v) is 4.34. The Balaban J connectivity index is 1.74. The second-order valence-corrected chi connectivity index (χ2v) is 7.99. The number of hydrogen-bond acceptors (Lipinski definition) is 5. The van der Waals surface area contributed by atoms with Gasteiger partial charge in [0.25, 0.3) is 0 Å². The largest absolute Gasteiger partial charge is 0.485 e. The number of ether oxygens (including phenoxy) is 3. The molecule has 2 amide bonds. The summed E-state index contributed by atoms with van der Waals surface area (Å²) in [5.74, 6) is 0.742. The Morgan fingerprint density at radius 2 is 1.61 bits per heavy atom. The molecular weight excluding hydrogens is 360 g/mol. The van der Waals surface area contributed by atoms with E-state index in [0.29, 0.717) is 0 Å². The quantitative estimate of drug-likeness (QED) is 0.722. The summed E-state index contributed by atoms with van der Waals surface area (Å²) in [6.07, 6.45) is 0.183. The Morgan fingerprint density at radius 3 is 2.25 bits per heavy atom. The highest BCUT2D eigenvalue weighted by atomic mass is 16.6. The molecule has 150 valence electrons. The summed E-state index contributed by atoms with van der Waals surface area (Å²) in [6, 6.07) is 7.18. The van der Waals surface area contributed by atoms with Gasteiger partial charge in [-0.3, -0.25) is 0 Å². The smallest absolute Gasteiger partial charge is 0.429 e. The second kappa shape index (κ2) is 6.72. The maximum Gasteiger partial charge on any atom is 0.429 e. The number of rotatable bonds is 2. The van der Waals surface area contributed by atoms with Crippen LogP contribution in [0.5, 0.6) is 5.75 Å². The molecule has 7 nitrogen and oxygen atoms in total. The lowest BCUT2D eigenvalue weighted by atomic mass is 9.90. The van der Waals surface area contributed by atoms with Gasteiger partial charge in [0, 0.05) is 5.56 Å². The molecule has 0 saturated carbocycles. The van der Waals surface area contributed by atoms with Crippen molar-refractivity contribution in [3.8, 4) is 5.75 Å². The molecule has 0 bridgehead atoms. The van der Waals surface area contributed by atoms with Crippen LogP contribution in [0.2, 0.25) is 0 Å². The van der Waals surface area contributed by atoms with Crippen molar-refractivity contribution in [3.05, 3.63) is 41.5 Å². The van der Waals surface area contributed by atoms with E-state index >= 15 is 0 Å². The van der Waals surface area contributed by atoms with Crippen LogP contribution in [0.15, 0.2) is 35.9 Å². The predicted octanol–water partition coefficient (Wildman–Crippen LogP) is 3.85. The number of amides is 2. The summed E-state index contributed by atoms with van der Waals surface area (Å²) in [5.41, 5.74) is 2.02. The van der Waals surface area contributed by atoms with E-state index in [2.05, 4.69) is 0 Å². The molecule has 1 aromatic rings. The van der Waals surface area contributed by atoms with Gasteiger partial charge < -0.3 is 14.2 Å². The first-order valence-electron chi connectivity index (χ1n) is 9.76. The third-order valence-corrected chi connectivity index (χ3v) is 5.33. The maximum absolute atomic E-state index is 13.0. The lowest BCUT2D eigenvalue weighted by Crippen LogP contribution is -2.53.